The van der Waals surface area contributed by atoms with E-state index < -0.39 is 0 Å². The van der Waals surface area contributed by atoms with E-state index in [4.69, 9.17) is 9.15 Å². The summed E-state index contributed by atoms with van der Waals surface area (Å²) in [5.74, 6) is 2.08. The van der Waals surface area contributed by atoms with Gasteiger partial charge in [0.2, 0.25) is 5.89 Å². The molecule has 0 spiro atoms. The van der Waals surface area contributed by atoms with Crippen LogP contribution in [-0.2, 0) is 16.6 Å². The number of likely N-dealkylation sites (tertiary alicyclic amines) is 1. The zero-order chi connectivity index (χ0) is 18.7. The van der Waals surface area contributed by atoms with Crippen molar-refractivity contribution in [1.29, 1.82) is 0 Å². The van der Waals surface area contributed by atoms with Crippen LogP contribution in [0.4, 0.5) is 4.39 Å². The maximum atomic E-state index is 13.9. The van der Waals surface area contributed by atoms with Gasteiger partial charge < -0.3 is 14.1 Å². The molecule has 2 fully saturated rings. The SMILES string of the molecule is C[C@@]1(c2ncc(Cc3ccccc3F)o2)CCCN(CC2CCOCC2)C1. The van der Waals surface area contributed by atoms with Crippen molar-refractivity contribution in [3.8, 4) is 0 Å². The van der Waals surface area contributed by atoms with E-state index in [2.05, 4.69) is 16.8 Å². The van der Waals surface area contributed by atoms with Gasteiger partial charge in [-0.2, -0.15) is 0 Å². The smallest absolute Gasteiger partial charge is 0.201 e. The van der Waals surface area contributed by atoms with Crippen molar-refractivity contribution in [2.45, 2.75) is 44.4 Å². The van der Waals surface area contributed by atoms with Crippen LogP contribution in [0.15, 0.2) is 34.9 Å². The van der Waals surface area contributed by atoms with Crippen LogP contribution in [-0.4, -0.2) is 42.7 Å². The van der Waals surface area contributed by atoms with E-state index in [0.29, 0.717) is 12.0 Å². The fourth-order valence-corrected chi connectivity index (χ4v) is 4.47. The molecule has 1 aromatic carbocycles. The third-order valence-electron chi connectivity index (χ3n) is 6.03. The minimum absolute atomic E-state index is 0.0725. The molecule has 1 atom stereocenters. The van der Waals surface area contributed by atoms with Gasteiger partial charge in [-0.3, -0.25) is 0 Å². The minimum Gasteiger partial charge on any atom is -0.445 e. The summed E-state index contributed by atoms with van der Waals surface area (Å²) in [6.45, 7) is 7.31. The topological polar surface area (TPSA) is 38.5 Å². The highest BCUT2D eigenvalue weighted by Gasteiger charge is 2.37. The van der Waals surface area contributed by atoms with E-state index >= 15 is 0 Å². The van der Waals surface area contributed by atoms with Gasteiger partial charge in [-0.25, -0.2) is 9.37 Å². The van der Waals surface area contributed by atoms with Gasteiger partial charge in [0.15, 0.2) is 0 Å². The molecule has 0 aliphatic carbocycles. The van der Waals surface area contributed by atoms with E-state index in [1.54, 1.807) is 18.3 Å². The first-order chi connectivity index (χ1) is 13.1. The van der Waals surface area contributed by atoms with Gasteiger partial charge >= 0.3 is 0 Å². The highest BCUT2D eigenvalue weighted by Crippen LogP contribution is 2.34. The molecule has 0 N–H and O–H groups in total. The first-order valence-corrected chi connectivity index (χ1v) is 10.1. The Morgan fingerprint density at radius 2 is 2.07 bits per heavy atom. The van der Waals surface area contributed by atoms with Crippen molar-refractivity contribution >= 4 is 0 Å². The van der Waals surface area contributed by atoms with Crippen LogP contribution in [0.2, 0.25) is 0 Å². The summed E-state index contributed by atoms with van der Waals surface area (Å²) in [4.78, 5) is 7.15. The van der Waals surface area contributed by atoms with E-state index in [1.807, 2.05) is 6.07 Å². The molecule has 27 heavy (non-hydrogen) atoms. The number of hydrogen-bond donors (Lipinski definition) is 0. The highest BCUT2D eigenvalue weighted by atomic mass is 19.1. The van der Waals surface area contributed by atoms with Gasteiger partial charge in [0.05, 0.1) is 11.6 Å². The molecule has 1 aromatic heterocycles. The molecule has 0 saturated carbocycles. The molecule has 5 heteroatoms. The predicted molar refractivity (Wildman–Crippen MR) is 102 cm³/mol. The Kier molecular flexibility index (Phi) is 5.60. The minimum atomic E-state index is -0.193. The number of aromatic nitrogens is 1. The molecule has 4 rings (SSSR count). The molecule has 146 valence electrons. The van der Waals surface area contributed by atoms with Gasteiger partial charge in [-0.1, -0.05) is 18.2 Å². The fraction of sp³-hybridized carbons (Fsp3) is 0.591. The molecule has 2 aliphatic heterocycles. The molecule has 0 bridgehead atoms. The Morgan fingerprint density at radius 1 is 1.26 bits per heavy atom. The Labute approximate surface area is 160 Å². The van der Waals surface area contributed by atoms with Crippen LogP contribution in [0, 0.1) is 11.7 Å². The molecule has 0 amide bonds. The number of benzene rings is 1. The van der Waals surface area contributed by atoms with Crippen molar-refractivity contribution in [2.24, 2.45) is 5.92 Å². The summed E-state index contributed by atoms with van der Waals surface area (Å²) in [6, 6.07) is 6.85. The largest absolute Gasteiger partial charge is 0.445 e. The quantitative estimate of drug-likeness (QED) is 0.789. The number of ether oxygens (including phenoxy) is 1. The first kappa shape index (κ1) is 18.6. The highest BCUT2D eigenvalue weighted by molar-refractivity contribution is 5.22. The summed E-state index contributed by atoms with van der Waals surface area (Å²) >= 11 is 0. The van der Waals surface area contributed by atoms with Gasteiger partial charge in [0, 0.05) is 32.7 Å². The zero-order valence-electron chi connectivity index (χ0n) is 16.1. The number of oxazole rings is 1. The second-order valence-electron chi connectivity index (χ2n) is 8.35. The number of halogens is 1. The lowest BCUT2D eigenvalue weighted by atomic mass is 9.81. The lowest BCUT2D eigenvalue weighted by Gasteiger charge is -2.40. The lowest BCUT2D eigenvalue weighted by molar-refractivity contribution is 0.0409. The Hall–Kier alpha value is -1.72. The Morgan fingerprint density at radius 3 is 2.89 bits per heavy atom. The molecular weight excluding hydrogens is 343 g/mol. The average Bonchev–Trinajstić information content (AvgIpc) is 3.14. The second kappa shape index (κ2) is 8.11. The molecular formula is C22H29FN2O2. The maximum absolute atomic E-state index is 13.9. The van der Waals surface area contributed by atoms with Crippen LogP contribution in [0.1, 0.15) is 49.8 Å². The van der Waals surface area contributed by atoms with E-state index in [0.717, 1.165) is 63.3 Å². The summed E-state index contributed by atoms with van der Waals surface area (Å²) in [5, 5.41) is 0. The Bertz CT molecular complexity index is 756. The molecule has 4 nitrogen and oxygen atoms in total. The third-order valence-corrected chi connectivity index (χ3v) is 6.03. The fourth-order valence-electron chi connectivity index (χ4n) is 4.47. The van der Waals surface area contributed by atoms with Crippen LogP contribution in [0.25, 0.3) is 0 Å². The van der Waals surface area contributed by atoms with Crippen LogP contribution in [0.5, 0.6) is 0 Å². The van der Waals surface area contributed by atoms with Crippen LogP contribution in [0.3, 0.4) is 0 Å². The van der Waals surface area contributed by atoms with Gasteiger partial charge in [0.1, 0.15) is 11.6 Å². The summed E-state index contributed by atoms with van der Waals surface area (Å²) in [6.07, 6.45) is 6.78. The molecule has 2 aromatic rings. The number of piperidine rings is 1. The van der Waals surface area contributed by atoms with Gasteiger partial charge in [-0.05, 0) is 56.7 Å². The summed E-state index contributed by atoms with van der Waals surface area (Å²) in [5.41, 5.74) is 0.576. The molecule has 2 saturated heterocycles. The lowest BCUT2D eigenvalue weighted by Crippen LogP contribution is -2.46. The van der Waals surface area contributed by atoms with Crippen LogP contribution >= 0.6 is 0 Å². The standard InChI is InChI=1S/C22H29FN2O2/c1-22(9-4-10-25(16-22)15-17-7-11-26-12-8-17)21-24-14-19(27-21)13-18-5-2-3-6-20(18)23/h2-3,5-6,14,17H,4,7-13,15-16H2,1H3/t22-/m1/s1. The van der Waals surface area contributed by atoms with E-state index in [9.17, 15) is 4.39 Å². The summed E-state index contributed by atoms with van der Waals surface area (Å²) < 4.78 is 25.5. The van der Waals surface area contributed by atoms with Crippen molar-refractivity contribution in [3.05, 3.63) is 53.5 Å². The van der Waals surface area contributed by atoms with Crippen molar-refractivity contribution < 1.29 is 13.5 Å². The van der Waals surface area contributed by atoms with E-state index in [-0.39, 0.29) is 11.2 Å². The van der Waals surface area contributed by atoms with Gasteiger partial charge in [-0.15, -0.1) is 0 Å². The second-order valence-corrected chi connectivity index (χ2v) is 8.35. The van der Waals surface area contributed by atoms with E-state index in [1.165, 1.54) is 18.9 Å². The normalized spacial score (nSPS) is 25.0. The number of nitrogens with zero attached hydrogens (tertiary/aromatic N) is 2. The number of hydrogen-bond acceptors (Lipinski definition) is 4. The molecule has 0 unspecified atom stereocenters. The molecule has 3 heterocycles. The Balaban J connectivity index is 1.42. The van der Waals surface area contributed by atoms with Gasteiger partial charge in [0.25, 0.3) is 0 Å². The molecule has 0 radical (unpaired) electrons. The first-order valence-electron chi connectivity index (χ1n) is 10.1. The van der Waals surface area contributed by atoms with Crippen molar-refractivity contribution in [3.63, 3.8) is 0 Å². The average molecular weight is 372 g/mol. The number of rotatable bonds is 5. The molecule has 2 aliphatic rings. The van der Waals surface area contributed by atoms with Crippen molar-refractivity contribution in [1.82, 2.24) is 9.88 Å². The zero-order valence-corrected chi connectivity index (χ0v) is 16.1. The van der Waals surface area contributed by atoms with Crippen LogP contribution < -0.4 is 0 Å². The third kappa shape index (κ3) is 4.41. The van der Waals surface area contributed by atoms with Crippen molar-refractivity contribution in [2.75, 3.05) is 32.8 Å². The predicted octanol–water partition coefficient (Wildman–Crippen LogP) is 4.18. The maximum Gasteiger partial charge on any atom is 0.201 e. The summed E-state index contributed by atoms with van der Waals surface area (Å²) in [7, 11) is 0. The monoisotopic (exact) mass is 372 g/mol.